The molecule has 0 saturated carbocycles. The highest BCUT2D eigenvalue weighted by atomic mass is 16.1. The second-order valence-electron chi connectivity index (χ2n) is 7.74. The summed E-state index contributed by atoms with van der Waals surface area (Å²) in [6.07, 6.45) is 2.22. The summed E-state index contributed by atoms with van der Waals surface area (Å²) in [4.78, 5) is 12.6. The lowest BCUT2D eigenvalue weighted by Crippen LogP contribution is -2.13. The first-order chi connectivity index (χ1) is 11.9. The van der Waals surface area contributed by atoms with E-state index in [0.717, 1.165) is 41.5 Å². The van der Waals surface area contributed by atoms with Crippen LogP contribution in [-0.2, 0) is 12.0 Å². The smallest absolute Gasteiger partial charge is 0.190 e. The topological polar surface area (TPSA) is 22.0 Å². The maximum Gasteiger partial charge on any atom is 0.190 e. The number of benzene rings is 2. The molecule has 3 aromatic rings. The van der Waals surface area contributed by atoms with Crippen molar-refractivity contribution in [3.63, 3.8) is 0 Å². The highest BCUT2D eigenvalue weighted by molar-refractivity contribution is 5.82. The largest absolute Gasteiger partial charge is 0.340 e. The average Bonchev–Trinajstić information content (AvgIpc) is 2.60. The number of pyridine rings is 1. The molecule has 0 N–H and O–H groups in total. The van der Waals surface area contributed by atoms with E-state index in [1.54, 1.807) is 6.07 Å². The molecule has 0 fully saturated rings. The number of rotatable bonds is 4. The summed E-state index contributed by atoms with van der Waals surface area (Å²) >= 11 is 0. The van der Waals surface area contributed by atoms with Gasteiger partial charge in [-0.05, 0) is 35.1 Å². The van der Waals surface area contributed by atoms with Gasteiger partial charge in [-0.25, -0.2) is 0 Å². The number of hydrogen-bond donors (Lipinski definition) is 0. The Morgan fingerprint density at radius 3 is 2.28 bits per heavy atom. The van der Waals surface area contributed by atoms with Gasteiger partial charge in [-0.2, -0.15) is 0 Å². The lowest BCUT2D eigenvalue weighted by atomic mass is 9.86. The maximum absolute atomic E-state index is 12.6. The van der Waals surface area contributed by atoms with Gasteiger partial charge in [0.25, 0.3) is 0 Å². The van der Waals surface area contributed by atoms with E-state index in [-0.39, 0.29) is 10.8 Å². The first kappa shape index (κ1) is 17.5. The second-order valence-corrected chi connectivity index (χ2v) is 7.74. The summed E-state index contributed by atoms with van der Waals surface area (Å²) in [5.74, 6) is 0. The lowest BCUT2D eigenvalue weighted by molar-refractivity contribution is 0.590. The summed E-state index contributed by atoms with van der Waals surface area (Å²) in [6, 6.07) is 18.4. The van der Waals surface area contributed by atoms with E-state index in [4.69, 9.17) is 0 Å². The van der Waals surface area contributed by atoms with Crippen molar-refractivity contribution in [2.45, 2.75) is 52.5 Å². The average molecular weight is 333 g/mol. The molecule has 1 aromatic heterocycles. The summed E-state index contributed by atoms with van der Waals surface area (Å²) < 4.78 is 2.30. The second kappa shape index (κ2) is 6.87. The van der Waals surface area contributed by atoms with Gasteiger partial charge in [-0.15, -0.1) is 0 Å². The van der Waals surface area contributed by atoms with Gasteiger partial charge in [0.15, 0.2) is 5.43 Å². The fraction of sp³-hybridized carbons (Fsp3) is 0.348. The van der Waals surface area contributed by atoms with Crippen molar-refractivity contribution < 1.29 is 0 Å². The first-order valence-electron chi connectivity index (χ1n) is 9.15. The third-order valence-corrected chi connectivity index (χ3v) is 4.80. The molecule has 0 bridgehead atoms. The third kappa shape index (κ3) is 3.53. The predicted octanol–water partition coefficient (Wildman–Crippen LogP) is 5.77. The first-order valence-corrected chi connectivity index (χ1v) is 9.15. The zero-order valence-electron chi connectivity index (χ0n) is 15.7. The molecule has 25 heavy (non-hydrogen) atoms. The number of para-hydroxylation sites is 1. The van der Waals surface area contributed by atoms with Crippen molar-refractivity contribution >= 4 is 10.9 Å². The number of nitrogens with zero attached hydrogens (tertiary/aromatic N) is 1. The van der Waals surface area contributed by atoms with Crippen molar-refractivity contribution in [1.29, 1.82) is 0 Å². The molecule has 3 rings (SSSR count). The van der Waals surface area contributed by atoms with E-state index >= 15 is 0 Å². The summed E-state index contributed by atoms with van der Waals surface area (Å²) in [6.45, 7) is 9.77. The van der Waals surface area contributed by atoms with Crippen molar-refractivity contribution in [1.82, 2.24) is 4.57 Å². The van der Waals surface area contributed by atoms with E-state index in [1.165, 1.54) is 5.56 Å². The van der Waals surface area contributed by atoms with Gasteiger partial charge < -0.3 is 4.57 Å². The van der Waals surface area contributed by atoms with Gasteiger partial charge >= 0.3 is 0 Å². The molecular formula is C23H27NO. The molecule has 0 amide bonds. The number of aromatic nitrogens is 1. The van der Waals surface area contributed by atoms with Crippen LogP contribution in [0.3, 0.4) is 0 Å². The molecule has 0 unspecified atom stereocenters. The minimum absolute atomic E-state index is 0.0956. The van der Waals surface area contributed by atoms with E-state index in [2.05, 4.69) is 62.6 Å². The Hall–Kier alpha value is -2.35. The van der Waals surface area contributed by atoms with Crippen LogP contribution in [0.4, 0.5) is 0 Å². The van der Waals surface area contributed by atoms with E-state index in [9.17, 15) is 4.79 Å². The quantitative estimate of drug-likeness (QED) is 0.594. The van der Waals surface area contributed by atoms with Crippen LogP contribution >= 0.6 is 0 Å². The molecule has 0 saturated heterocycles. The van der Waals surface area contributed by atoms with Gasteiger partial charge in [0.05, 0.1) is 11.2 Å². The normalized spacial score (nSPS) is 11.8. The summed E-state index contributed by atoms with van der Waals surface area (Å²) in [5, 5.41) is 0.800. The zero-order chi connectivity index (χ0) is 18.0. The molecule has 1 heterocycles. The van der Waals surface area contributed by atoms with Crippen LogP contribution in [0, 0.1) is 0 Å². The van der Waals surface area contributed by atoms with Crippen LogP contribution in [-0.4, -0.2) is 4.57 Å². The lowest BCUT2D eigenvalue weighted by Gasteiger charge is -2.20. The van der Waals surface area contributed by atoms with E-state index in [0.29, 0.717) is 0 Å². The van der Waals surface area contributed by atoms with Crippen LogP contribution in [0.5, 0.6) is 0 Å². The van der Waals surface area contributed by atoms with Gasteiger partial charge in [0.2, 0.25) is 0 Å². The van der Waals surface area contributed by atoms with Crippen LogP contribution in [0.1, 0.15) is 46.1 Å². The van der Waals surface area contributed by atoms with Crippen molar-refractivity contribution in [3.05, 3.63) is 70.4 Å². The molecular weight excluding hydrogens is 306 g/mol. The van der Waals surface area contributed by atoms with Crippen molar-refractivity contribution in [2.75, 3.05) is 0 Å². The minimum atomic E-state index is 0.0956. The molecule has 0 aliphatic heterocycles. The molecule has 2 nitrogen and oxygen atoms in total. The van der Waals surface area contributed by atoms with Crippen LogP contribution in [0.25, 0.3) is 22.2 Å². The van der Waals surface area contributed by atoms with Crippen LogP contribution in [0.2, 0.25) is 0 Å². The van der Waals surface area contributed by atoms with Gasteiger partial charge in [-0.3, -0.25) is 4.79 Å². The van der Waals surface area contributed by atoms with E-state index in [1.807, 2.05) is 18.2 Å². The fourth-order valence-electron chi connectivity index (χ4n) is 3.26. The number of fused-ring (bicyclic) bond motifs is 1. The van der Waals surface area contributed by atoms with Gasteiger partial charge in [0, 0.05) is 18.0 Å². The van der Waals surface area contributed by atoms with Crippen LogP contribution in [0.15, 0.2) is 59.4 Å². The van der Waals surface area contributed by atoms with Gasteiger partial charge in [0.1, 0.15) is 0 Å². The Bertz CT molecular complexity index is 927. The Labute approximate surface area is 150 Å². The monoisotopic (exact) mass is 333 g/mol. The van der Waals surface area contributed by atoms with Crippen molar-refractivity contribution in [2.24, 2.45) is 0 Å². The molecule has 2 heteroatoms. The molecule has 2 aromatic carbocycles. The Morgan fingerprint density at radius 1 is 0.960 bits per heavy atom. The minimum Gasteiger partial charge on any atom is -0.340 e. The zero-order valence-corrected chi connectivity index (χ0v) is 15.7. The molecule has 0 radical (unpaired) electrons. The predicted molar refractivity (Wildman–Crippen MR) is 107 cm³/mol. The van der Waals surface area contributed by atoms with Crippen molar-refractivity contribution in [3.8, 4) is 11.3 Å². The Morgan fingerprint density at radius 2 is 1.64 bits per heavy atom. The third-order valence-electron chi connectivity index (χ3n) is 4.80. The number of hydrogen-bond acceptors (Lipinski definition) is 1. The number of unbranched alkanes of at least 4 members (excludes halogenated alkanes) is 1. The Kier molecular flexibility index (Phi) is 4.80. The summed E-state index contributed by atoms with van der Waals surface area (Å²) in [7, 11) is 0. The number of aryl methyl sites for hydroxylation is 1. The van der Waals surface area contributed by atoms with Gasteiger partial charge in [-0.1, -0.05) is 70.5 Å². The molecule has 0 atom stereocenters. The standard InChI is InChI=1S/C23H27NO/c1-5-6-15-24-20-10-8-7-9-19(20)22(25)16-21(24)17-11-13-18(14-12-17)23(2,3)4/h7-14,16H,5-6,15H2,1-4H3. The molecule has 0 spiro atoms. The summed E-state index contributed by atoms with van der Waals surface area (Å²) in [5.41, 5.74) is 4.67. The molecule has 130 valence electrons. The SMILES string of the molecule is CCCCn1c(-c2ccc(C(C)(C)C)cc2)cc(=O)c2ccccc21. The molecule has 0 aliphatic carbocycles. The highest BCUT2D eigenvalue weighted by Gasteiger charge is 2.15. The highest BCUT2D eigenvalue weighted by Crippen LogP contribution is 2.27. The van der Waals surface area contributed by atoms with E-state index < -0.39 is 0 Å². The molecule has 0 aliphatic rings. The fourth-order valence-corrected chi connectivity index (χ4v) is 3.26. The Balaban J connectivity index is 2.19. The maximum atomic E-state index is 12.6. The van der Waals surface area contributed by atoms with Crippen LogP contribution < -0.4 is 5.43 Å².